The third-order valence-corrected chi connectivity index (χ3v) is 1.66. The quantitative estimate of drug-likeness (QED) is 0.710. The van der Waals surface area contributed by atoms with E-state index in [-0.39, 0.29) is 0 Å². The van der Waals surface area contributed by atoms with Crippen LogP contribution in [0.5, 0.6) is 5.75 Å². The Balaban J connectivity index is 2.84. The average molecular weight is 208 g/mol. The van der Waals surface area contributed by atoms with E-state index < -0.39 is 11.8 Å². The number of carbonyl (C=O) groups excluding carboxylic acids is 2. The molecule has 0 saturated carbocycles. The number of anilines is 1. The molecule has 5 nitrogen and oxygen atoms in total. The van der Waals surface area contributed by atoms with Crippen LogP contribution in [0, 0.1) is 0 Å². The van der Waals surface area contributed by atoms with Gasteiger partial charge in [-0.25, -0.2) is 0 Å². The van der Waals surface area contributed by atoms with Crippen LogP contribution < -0.4 is 15.8 Å². The highest BCUT2D eigenvalue weighted by Crippen LogP contribution is 2.23. The van der Waals surface area contributed by atoms with Gasteiger partial charge in [-0.05, 0) is 19.1 Å². The summed E-state index contributed by atoms with van der Waals surface area (Å²) < 4.78 is 5.25. The van der Waals surface area contributed by atoms with Crippen LogP contribution in [-0.4, -0.2) is 18.4 Å². The van der Waals surface area contributed by atoms with Crippen LogP contribution in [0.25, 0.3) is 0 Å². The molecule has 0 saturated heterocycles. The van der Waals surface area contributed by atoms with Crippen LogP contribution in [0.15, 0.2) is 24.3 Å². The number of hydrogen-bond acceptors (Lipinski definition) is 3. The van der Waals surface area contributed by atoms with E-state index in [1.807, 2.05) is 6.92 Å². The molecule has 5 heteroatoms. The van der Waals surface area contributed by atoms with Gasteiger partial charge < -0.3 is 15.8 Å². The van der Waals surface area contributed by atoms with Crippen molar-refractivity contribution in [1.29, 1.82) is 0 Å². The van der Waals surface area contributed by atoms with Gasteiger partial charge in [0.1, 0.15) is 5.75 Å². The molecule has 0 aliphatic rings. The summed E-state index contributed by atoms with van der Waals surface area (Å²) in [7, 11) is 0. The number of primary amides is 1. The Kier molecular flexibility index (Phi) is 3.68. The zero-order valence-corrected chi connectivity index (χ0v) is 8.32. The largest absolute Gasteiger partial charge is 0.492 e. The van der Waals surface area contributed by atoms with Crippen LogP contribution in [-0.2, 0) is 9.59 Å². The molecule has 1 aromatic rings. The van der Waals surface area contributed by atoms with Gasteiger partial charge in [-0.3, -0.25) is 9.59 Å². The molecule has 0 atom stereocenters. The molecule has 2 amide bonds. The van der Waals surface area contributed by atoms with Gasteiger partial charge in [0.25, 0.3) is 0 Å². The van der Waals surface area contributed by atoms with E-state index in [0.717, 1.165) is 0 Å². The highest BCUT2D eigenvalue weighted by molar-refractivity contribution is 6.39. The van der Waals surface area contributed by atoms with Crippen LogP contribution in [0.1, 0.15) is 6.92 Å². The Morgan fingerprint density at radius 1 is 1.40 bits per heavy atom. The van der Waals surface area contributed by atoms with Crippen molar-refractivity contribution in [2.75, 3.05) is 11.9 Å². The lowest BCUT2D eigenvalue weighted by atomic mass is 10.3. The van der Waals surface area contributed by atoms with E-state index in [1.54, 1.807) is 24.3 Å². The molecule has 0 aliphatic carbocycles. The number of benzene rings is 1. The summed E-state index contributed by atoms with van der Waals surface area (Å²) in [6, 6.07) is 6.82. The average Bonchev–Trinajstić information content (AvgIpc) is 2.21. The first kappa shape index (κ1) is 11.0. The number of hydrogen-bond donors (Lipinski definition) is 2. The van der Waals surface area contributed by atoms with Crippen molar-refractivity contribution >= 4 is 17.5 Å². The minimum absolute atomic E-state index is 0.433. The Labute approximate surface area is 87.2 Å². The predicted molar refractivity (Wildman–Crippen MR) is 55.4 cm³/mol. The second-order valence-corrected chi connectivity index (χ2v) is 2.75. The number of nitrogens with two attached hydrogens (primary N) is 1. The zero-order chi connectivity index (χ0) is 11.3. The Hall–Kier alpha value is -2.04. The molecule has 80 valence electrons. The van der Waals surface area contributed by atoms with Gasteiger partial charge in [0.05, 0.1) is 12.3 Å². The third-order valence-electron chi connectivity index (χ3n) is 1.66. The molecule has 0 aliphatic heterocycles. The first-order valence-corrected chi connectivity index (χ1v) is 4.47. The van der Waals surface area contributed by atoms with Gasteiger partial charge in [-0.1, -0.05) is 12.1 Å². The first-order valence-electron chi connectivity index (χ1n) is 4.47. The van der Waals surface area contributed by atoms with Gasteiger partial charge in [0, 0.05) is 0 Å². The molecule has 3 N–H and O–H groups in total. The summed E-state index contributed by atoms with van der Waals surface area (Å²) >= 11 is 0. The van der Waals surface area contributed by atoms with Crippen molar-refractivity contribution in [3.05, 3.63) is 24.3 Å². The summed E-state index contributed by atoms with van der Waals surface area (Å²) in [5, 5.41) is 2.36. The molecule has 1 aromatic carbocycles. The Morgan fingerprint density at radius 2 is 2.07 bits per heavy atom. The number of ether oxygens (including phenoxy) is 1. The molecule has 0 fully saturated rings. The Morgan fingerprint density at radius 3 is 2.67 bits per heavy atom. The van der Waals surface area contributed by atoms with Crippen LogP contribution in [0.3, 0.4) is 0 Å². The molecule has 0 radical (unpaired) electrons. The summed E-state index contributed by atoms with van der Waals surface area (Å²) in [5.41, 5.74) is 5.25. The van der Waals surface area contributed by atoms with Crippen molar-refractivity contribution in [3.8, 4) is 5.75 Å². The van der Waals surface area contributed by atoms with Gasteiger partial charge in [-0.2, -0.15) is 0 Å². The number of nitrogens with one attached hydrogen (secondary N) is 1. The van der Waals surface area contributed by atoms with Gasteiger partial charge >= 0.3 is 11.8 Å². The fourth-order valence-corrected chi connectivity index (χ4v) is 1.04. The summed E-state index contributed by atoms with van der Waals surface area (Å²) in [4.78, 5) is 21.6. The lowest BCUT2D eigenvalue weighted by Gasteiger charge is -2.09. The fourth-order valence-electron chi connectivity index (χ4n) is 1.04. The topological polar surface area (TPSA) is 81.4 Å². The van der Waals surface area contributed by atoms with E-state index in [9.17, 15) is 9.59 Å². The van der Waals surface area contributed by atoms with E-state index in [4.69, 9.17) is 10.5 Å². The maximum atomic E-state index is 11.0. The maximum Gasteiger partial charge on any atom is 0.313 e. The molecule has 0 spiro atoms. The molecule has 0 heterocycles. The highest BCUT2D eigenvalue weighted by Gasteiger charge is 2.11. The van der Waals surface area contributed by atoms with Crippen molar-refractivity contribution in [2.45, 2.75) is 6.92 Å². The highest BCUT2D eigenvalue weighted by atomic mass is 16.5. The lowest BCUT2D eigenvalue weighted by Crippen LogP contribution is -2.29. The third kappa shape index (κ3) is 2.98. The predicted octanol–water partition coefficient (Wildman–Crippen LogP) is 0.509. The minimum Gasteiger partial charge on any atom is -0.492 e. The molecule has 0 bridgehead atoms. The number of amides is 2. The summed E-state index contributed by atoms with van der Waals surface area (Å²) in [5.74, 6) is -1.38. The molecule has 1 rings (SSSR count). The van der Waals surface area contributed by atoms with E-state index in [2.05, 4.69) is 5.32 Å². The van der Waals surface area contributed by atoms with Crippen LogP contribution in [0.4, 0.5) is 5.69 Å². The minimum atomic E-state index is -1.03. The van der Waals surface area contributed by atoms with Crippen LogP contribution >= 0.6 is 0 Å². The first-order chi connectivity index (χ1) is 7.15. The standard InChI is InChI=1S/C10H12N2O3/c1-2-15-8-6-4-3-5-7(8)12-10(14)9(11)13/h3-6H,2H2,1H3,(H2,11,13)(H,12,14). The van der Waals surface area contributed by atoms with Gasteiger partial charge in [0.15, 0.2) is 0 Å². The van der Waals surface area contributed by atoms with E-state index in [0.29, 0.717) is 18.0 Å². The lowest BCUT2D eigenvalue weighted by molar-refractivity contribution is -0.134. The van der Waals surface area contributed by atoms with Crippen LogP contribution in [0.2, 0.25) is 0 Å². The van der Waals surface area contributed by atoms with E-state index in [1.165, 1.54) is 0 Å². The number of rotatable bonds is 3. The van der Waals surface area contributed by atoms with Crippen molar-refractivity contribution in [2.24, 2.45) is 5.73 Å². The SMILES string of the molecule is CCOc1ccccc1NC(=O)C(N)=O. The van der Waals surface area contributed by atoms with Crippen molar-refractivity contribution in [1.82, 2.24) is 0 Å². The van der Waals surface area contributed by atoms with Gasteiger partial charge in [-0.15, -0.1) is 0 Å². The van der Waals surface area contributed by atoms with E-state index >= 15 is 0 Å². The fraction of sp³-hybridized carbons (Fsp3) is 0.200. The summed E-state index contributed by atoms with van der Waals surface area (Å²) in [6.45, 7) is 2.30. The number of carbonyl (C=O) groups is 2. The molecule has 0 unspecified atom stereocenters. The summed E-state index contributed by atoms with van der Waals surface area (Å²) in [6.07, 6.45) is 0. The monoisotopic (exact) mass is 208 g/mol. The second-order valence-electron chi connectivity index (χ2n) is 2.75. The maximum absolute atomic E-state index is 11.0. The Bertz CT molecular complexity index is 377. The molecular weight excluding hydrogens is 196 g/mol. The zero-order valence-electron chi connectivity index (χ0n) is 8.32. The van der Waals surface area contributed by atoms with Gasteiger partial charge in [0.2, 0.25) is 0 Å². The molecule has 0 aromatic heterocycles. The molecule has 15 heavy (non-hydrogen) atoms. The van der Waals surface area contributed by atoms with Crippen molar-refractivity contribution in [3.63, 3.8) is 0 Å². The number of para-hydroxylation sites is 2. The van der Waals surface area contributed by atoms with Crippen molar-refractivity contribution < 1.29 is 14.3 Å². The second kappa shape index (κ2) is 4.99. The smallest absolute Gasteiger partial charge is 0.313 e. The normalized spacial score (nSPS) is 9.40. The molecular formula is C10H12N2O3.